The zero-order valence-electron chi connectivity index (χ0n) is 12.4. The number of piperazine rings is 1. The van der Waals surface area contributed by atoms with Crippen LogP contribution in [0.15, 0.2) is 5.38 Å². The van der Waals surface area contributed by atoms with E-state index < -0.39 is 0 Å². The van der Waals surface area contributed by atoms with Crippen LogP contribution in [-0.4, -0.2) is 51.3 Å². The van der Waals surface area contributed by atoms with Crippen LogP contribution in [0.5, 0.6) is 0 Å². The van der Waals surface area contributed by atoms with Gasteiger partial charge >= 0.3 is 0 Å². The fourth-order valence-electron chi connectivity index (χ4n) is 2.28. The molecule has 2 aromatic rings. The van der Waals surface area contributed by atoms with Crippen LogP contribution in [0.25, 0.3) is 0 Å². The number of carbonyl (C=O) groups is 1. The molecule has 1 aliphatic heterocycles. The number of hydrogen-bond acceptors (Lipinski definition) is 8. The molecule has 3 rings (SSSR count). The number of nitrogens with two attached hydrogens (primary N) is 1. The molecule has 0 aliphatic carbocycles. The number of carbonyl (C=O) groups excluding carboxylic acids is 1. The van der Waals surface area contributed by atoms with Gasteiger partial charge < -0.3 is 15.5 Å². The minimum atomic E-state index is -0.0119. The Morgan fingerprint density at radius 3 is 2.68 bits per heavy atom. The number of rotatable bonds is 4. The van der Waals surface area contributed by atoms with Gasteiger partial charge in [0.15, 0.2) is 0 Å². The van der Waals surface area contributed by atoms with Crippen molar-refractivity contribution in [2.75, 3.05) is 31.1 Å². The summed E-state index contributed by atoms with van der Waals surface area (Å²) in [5.41, 5.74) is 6.05. The number of thiazole rings is 1. The number of aromatic nitrogens is 3. The molecule has 9 heteroatoms. The minimum Gasteiger partial charge on any atom is -0.343 e. The summed E-state index contributed by atoms with van der Waals surface area (Å²) in [5, 5.41) is 3.53. The largest absolute Gasteiger partial charge is 0.343 e. The van der Waals surface area contributed by atoms with Gasteiger partial charge in [-0.15, -0.1) is 11.3 Å². The summed E-state index contributed by atoms with van der Waals surface area (Å²) in [6.45, 7) is 5.33. The van der Waals surface area contributed by atoms with Crippen molar-refractivity contribution in [3.8, 4) is 0 Å². The maximum absolute atomic E-state index is 12.4. The third kappa shape index (κ3) is 3.11. The normalized spacial score (nSPS) is 15.4. The molecule has 118 valence electrons. The fraction of sp³-hybridized carbons (Fsp3) is 0.538. The van der Waals surface area contributed by atoms with E-state index in [1.165, 1.54) is 22.9 Å². The molecule has 2 aromatic heterocycles. The Morgan fingerprint density at radius 1 is 1.32 bits per heavy atom. The van der Waals surface area contributed by atoms with Crippen LogP contribution < -0.4 is 10.6 Å². The van der Waals surface area contributed by atoms with Crippen molar-refractivity contribution in [3.05, 3.63) is 21.9 Å². The third-order valence-corrected chi connectivity index (χ3v) is 5.24. The molecule has 0 aromatic carbocycles. The lowest BCUT2D eigenvalue weighted by atomic mass is 10.3. The van der Waals surface area contributed by atoms with Crippen LogP contribution in [0.1, 0.15) is 28.2 Å². The standard InChI is InChI=1S/C13H18N6OS2/c1-2-10-16-13(22-17-10)19-5-3-18(4-6-19)12(20)9-8-21-11(7-14)15-9/h8H,2-7,14H2,1H3. The number of aryl methyl sites for hydroxylation is 1. The summed E-state index contributed by atoms with van der Waals surface area (Å²) in [6.07, 6.45) is 0.849. The molecule has 1 aliphatic rings. The zero-order valence-corrected chi connectivity index (χ0v) is 14.0. The van der Waals surface area contributed by atoms with E-state index >= 15 is 0 Å². The molecule has 0 radical (unpaired) electrons. The smallest absolute Gasteiger partial charge is 0.273 e. The minimum absolute atomic E-state index is 0.0119. The van der Waals surface area contributed by atoms with Crippen LogP contribution in [0.2, 0.25) is 0 Å². The summed E-state index contributed by atoms with van der Waals surface area (Å²) < 4.78 is 4.31. The number of amides is 1. The Bertz CT molecular complexity index is 647. The van der Waals surface area contributed by atoms with Gasteiger partial charge in [-0.25, -0.2) is 9.97 Å². The van der Waals surface area contributed by atoms with Crippen LogP contribution in [0.4, 0.5) is 5.13 Å². The monoisotopic (exact) mass is 338 g/mol. The molecule has 2 N–H and O–H groups in total. The van der Waals surface area contributed by atoms with Crippen molar-refractivity contribution in [3.63, 3.8) is 0 Å². The van der Waals surface area contributed by atoms with Crippen LogP contribution >= 0.6 is 22.9 Å². The third-order valence-electron chi connectivity index (χ3n) is 3.56. The summed E-state index contributed by atoms with van der Waals surface area (Å²) >= 11 is 2.86. The Hall–Kier alpha value is -1.58. The summed E-state index contributed by atoms with van der Waals surface area (Å²) in [6, 6.07) is 0. The lowest BCUT2D eigenvalue weighted by molar-refractivity contribution is 0.0741. The zero-order chi connectivity index (χ0) is 15.5. The second-order valence-corrected chi connectivity index (χ2v) is 6.63. The second kappa shape index (κ2) is 6.67. The van der Waals surface area contributed by atoms with Gasteiger partial charge in [0.05, 0.1) is 0 Å². The van der Waals surface area contributed by atoms with Crippen molar-refractivity contribution in [1.29, 1.82) is 0 Å². The van der Waals surface area contributed by atoms with Crippen LogP contribution in [-0.2, 0) is 13.0 Å². The average molecular weight is 338 g/mol. The van der Waals surface area contributed by atoms with Crippen molar-refractivity contribution < 1.29 is 4.79 Å². The molecule has 0 saturated carbocycles. The Morgan fingerprint density at radius 2 is 2.09 bits per heavy atom. The highest BCUT2D eigenvalue weighted by Gasteiger charge is 2.25. The van der Waals surface area contributed by atoms with Crippen molar-refractivity contribution in [2.45, 2.75) is 19.9 Å². The molecular formula is C13H18N6OS2. The lowest BCUT2D eigenvalue weighted by Crippen LogP contribution is -2.48. The topological polar surface area (TPSA) is 88.2 Å². The molecule has 22 heavy (non-hydrogen) atoms. The van der Waals surface area contributed by atoms with Gasteiger partial charge in [0.2, 0.25) is 5.13 Å². The second-order valence-electron chi connectivity index (χ2n) is 4.96. The summed E-state index contributed by atoms with van der Waals surface area (Å²) in [5.74, 6) is 0.873. The molecule has 1 saturated heterocycles. The lowest BCUT2D eigenvalue weighted by Gasteiger charge is -2.34. The van der Waals surface area contributed by atoms with Gasteiger partial charge in [0, 0.05) is 56.1 Å². The molecule has 3 heterocycles. The summed E-state index contributed by atoms with van der Waals surface area (Å²) in [7, 11) is 0. The van der Waals surface area contributed by atoms with Gasteiger partial charge in [-0.1, -0.05) is 6.92 Å². The molecule has 7 nitrogen and oxygen atoms in total. The van der Waals surface area contributed by atoms with Crippen LogP contribution in [0, 0.1) is 0 Å². The average Bonchev–Trinajstić information content (AvgIpc) is 3.23. The first kappa shape index (κ1) is 15.3. The van der Waals surface area contributed by atoms with Gasteiger partial charge in [-0.3, -0.25) is 4.79 Å². The van der Waals surface area contributed by atoms with E-state index in [1.807, 2.05) is 11.8 Å². The molecule has 1 amide bonds. The molecular weight excluding hydrogens is 320 g/mol. The highest BCUT2D eigenvalue weighted by Crippen LogP contribution is 2.20. The SMILES string of the molecule is CCc1nsc(N2CCN(C(=O)c3csc(CN)n3)CC2)n1. The number of hydrogen-bond donors (Lipinski definition) is 1. The van der Waals surface area contributed by atoms with Crippen molar-refractivity contribution >= 4 is 33.9 Å². The first-order chi connectivity index (χ1) is 10.7. The summed E-state index contributed by atoms with van der Waals surface area (Å²) in [4.78, 5) is 25.2. The highest BCUT2D eigenvalue weighted by atomic mass is 32.1. The number of nitrogens with zero attached hydrogens (tertiary/aromatic N) is 5. The fourth-order valence-corrected chi connectivity index (χ4v) is 3.73. The van der Waals surface area contributed by atoms with E-state index in [1.54, 1.807) is 5.38 Å². The maximum Gasteiger partial charge on any atom is 0.273 e. The molecule has 0 unspecified atom stereocenters. The highest BCUT2D eigenvalue weighted by molar-refractivity contribution is 7.10. The van der Waals surface area contributed by atoms with E-state index in [4.69, 9.17) is 5.73 Å². The predicted molar refractivity (Wildman–Crippen MR) is 87.4 cm³/mol. The van der Waals surface area contributed by atoms with Crippen LogP contribution in [0.3, 0.4) is 0 Å². The van der Waals surface area contributed by atoms with E-state index in [9.17, 15) is 4.79 Å². The molecule has 0 atom stereocenters. The maximum atomic E-state index is 12.4. The number of anilines is 1. The van der Waals surface area contributed by atoms with Crippen molar-refractivity contribution in [2.24, 2.45) is 5.73 Å². The molecule has 0 spiro atoms. The first-order valence-corrected chi connectivity index (χ1v) is 8.87. The van der Waals surface area contributed by atoms with Crippen molar-refractivity contribution in [1.82, 2.24) is 19.2 Å². The molecule has 0 bridgehead atoms. The van der Waals surface area contributed by atoms with Gasteiger partial charge in [-0.05, 0) is 0 Å². The van der Waals surface area contributed by atoms with Gasteiger partial charge in [-0.2, -0.15) is 4.37 Å². The van der Waals surface area contributed by atoms with Gasteiger partial charge in [0.1, 0.15) is 16.5 Å². The predicted octanol–water partition coefficient (Wildman–Crippen LogP) is 0.978. The van der Waals surface area contributed by atoms with E-state index in [-0.39, 0.29) is 5.91 Å². The Labute approximate surface area is 137 Å². The van der Waals surface area contributed by atoms with Gasteiger partial charge in [0.25, 0.3) is 5.91 Å². The first-order valence-electron chi connectivity index (χ1n) is 7.22. The Balaban J connectivity index is 1.60. The van der Waals surface area contributed by atoms with E-state index in [2.05, 4.69) is 19.2 Å². The van der Waals surface area contributed by atoms with E-state index in [0.717, 1.165) is 35.5 Å². The quantitative estimate of drug-likeness (QED) is 0.894. The molecule has 1 fully saturated rings. The van der Waals surface area contributed by atoms with E-state index in [0.29, 0.717) is 25.3 Å². The Kier molecular flexibility index (Phi) is 4.65.